The second kappa shape index (κ2) is 10.6. The molecule has 4 nitrogen and oxygen atoms in total. The van der Waals surface area contributed by atoms with Crippen LogP contribution in [0.3, 0.4) is 0 Å². The summed E-state index contributed by atoms with van der Waals surface area (Å²) in [5, 5.41) is 8.55. The minimum absolute atomic E-state index is 0.562. The molecule has 2 rings (SSSR count). The van der Waals surface area contributed by atoms with Crippen LogP contribution in [0.2, 0.25) is 0 Å². The molecular formula is C22H30N2O2. The van der Waals surface area contributed by atoms with Gasteiger partial charge in [-0.25, -0.2) is 0 Å². The van der Waals surface area contributed by atoms with E-state index in [1.807, 2.05) is 48.5 Å². The first-order valence-corrected chi connectivity index (χ1v) is 9.48. The van der Waals surface area contributed by atoms with Crippen LogP contribution in [0.15, 0.2) is 58.8 Å². The van der Waals surface area contributed by atoms with E-state index in [-0.39, 0.29) is 0 Å². The van der Waals surface area contributed by atoms with Crippen molar-refractivity contribution in [1.82, 2.24) is 0 Å². The lowest BCUT2D eigenvalue weighted by Gasteiger charge is -2.10. The maximum atomic E-state index is 5.75. The summed E-state index contributed by atoms with van der Waals surface area (Å²) in [6, 6.07) is 15.4. The molecule has 0 fully saturated rings. The van der Waals surface area contributed by atoms with E-state index in [2.05, 4.69) is 37.9 Å². The maximum absolute atomic E-state index is 5.75. The fraction of sp³-hybridized carbons (Fsp3) is 0.455. The summed E-state index contributed by atoms with van der Waals surface area (Å²) in [5.41, 5.74) is 1.61. The van der Waals surface area contributed by atoms with Crippen LogP contribution in [0.5, 0.6) is 11.5 Å². The molecule has 2 unspecified atom stereocenters. The molecule has 140 valence electrons. The monoisotopic (exact) mass is 354 g/mol. The minimum Gasteiger partial charge on any atom is -0.493 e. The van der Waals surface area contributed by atoms with E-state index >= 15 is 0 Å². The molecule has 0 spiro atoms. The first-order chi connectivity index (χ1) is 12.6. The average Bonchev–Trinajstić information content (AvgIpc) is 2.70. The standard InChI is InChI=1S/C22H30N2O2/c1-5-17(3)15-25-21-11-7-19(8-12-21)23-24-20-9-13-22(14-10-20)26-16-18(4)6-2/h7-14,17-18H,5-6,15-16H2,1-4H3. The number of ether oxygens (including phenoxy) is 2. The third-order valence-corrected chi connectivity index (χ3v) is 4.42. The van der Waals surface area contributed by atoms with Crippen LogP contribution in [0, 0.1) is 11.8 Å². The number of azo groups is 1. The fourth-order valence-corrected chi connectivity index (χ4v) is 2.05. The van der Waals surface area contributed by atoms with Crippen molar-refractivity contribution in [3.05, 3.63) is 48.5 Å². The molecule has 0 bridgehead atoms. The van der Waals surface area contributed by atoms with Gasteiger partial charge >= 0.3 is 0 Å². The Kier molecular flexibility index (Phi) is 8.13. The van der Waals surface area contributed by atoms with E-state index < -0.39 is 0 Å². The number of nitrogens with zero attached hydrogens (tertiary/aromatic N) is 2. The SMILES string of the molecule is CCC(C)COc1ccc(N=Nc2ccc(OCC(C)CC)cc2)cc1. The molecule has 0 aromatic heterocycles. The molecule has 0 aliphatic rings. The van der Waals surface area contributed by atoms with Crippen molar-refractivity contribution in [2.24, 2.45) is 22.1 Å². The summed E-state index contributed by atoms with van der Waals surface area (Å²) in [6.07, 6.45) is 2.24. The Morgan fingerprint density at radius 3 is 1.31 bits per heavy atom. The fourth-order valence-electron chi connectivity index (χ4n) is 2.05. The van der Waals surface area contributed by atoms with Gasteiger partial charge in [-0.05, 0) is 60.4 Å². The summed E-state index contributed by atoms with van der Waals surface area (Å²) < 4.78 is 11.5. The van der Waals surface area contributed by atoms with Gasteiger partial charge in [-0.15, -0.1) is 0 Å². The molecule has 4 heteroatoms. The molecule has 2 aromatic carbocycles. The van der Waals surface area contributed by atoms with Crippen molar-refractivity contribution in [2.75, 3.05) is 13.2 Å². The van der Waals surface area contributed by atoms with Crippen molar-refractivity contribution in [3.8, 4) is 11.5 Å². The highest BCUT2D eigenvalue weighted by molar-refractivity contribution is 5.44. The van der Waals surface area contributed by atoms with Crippen LogP contribution in [0.4, 0.5) is 11.4 Å². The predicted octanol–water partition coefficient (Wildman–Crippen LogP) is 6.95. The Bertz CT molecular complexity index is 606. The van der Waals surface area contributed by atoms with Gasteiger partial charge in [-0.3, -0.25) is 0 Å². The summed E-state index contributed by atoms with van der Waals surface area (Å²) in [7, 11) is 0. The quantitative estimate of drug-likeness (QED) is 0.433. The molecule has 2 atom stereocenters. The largest absolute Gasteiger partial charge is 0.493 e. The zero-order valence-corrected chi connectivity index (χ0v) is 16.3. The van der Waals surface area contributed by atoms with Gasteiger partial charge in [0, 0.05) is 0 Å². The highest BCUT2D eigenvalue weighted by Crippen LogP contribution is 2.23. The summed E-state index contributed by atoms with van der Waals surface area (Å²) in [5.74, 6) is 2.86. The van der Waals surface area contributed by atoms with Crippen LogP contribution >= 0.6 is 0 Å². The normalized spacial score (nSPS) is 13.5. The summed E-state index contributed by atoms with van der Waals surface area (Å²) >= 11 is 0. The lowest BCUT2D eigenvalue weighted by atomic mass is 10.1. The van der Waals surface area contributed by atoms with Crippen molar-refractivity contribution >= 4 is 11.4 Å². The molecule has 0 saturated heterocycles. The van der Waals surface area contributed by atoms with Gasteiger partial charge in [0.1, 0.15) is 11.5 Å². The van der Waals surface area contributed by atoms with Crippen LogP contribution < -0.4 is 9.47 Å². The van der Waals surface area contributed by atoms with Gasteiger partial charge in [0.15, 0.2) is 0 Å². The highest BCUT2D eigenvalue weighted by atomic mass is 16.5. The first-order valence-electron chi connectivity index (χ1n) is 9.48. The molecule has 0 radical (unpaired) electrons. The summed E-state index contributed by atoms with van der Waals surface area (Å²) in [4.78, 5) is 0. The second-order valence-electron chi connectivity index (χ2n) is 6.84. The van der Waals surface area contributed by atoms with Gasteiger partial charge in [0.05, 0.1) is 24.6 Å². The third-order valence-electron chi connectivity index (χ3n) is 4.42. The molecule has 0 aliphatic heterocycles. The highest BCUT2D eigenvalue weighted by Gasteiger charge is 2.02. The van der Waals surface area contributed by atoms with Gasteiger partial charge < -0.3 is 9.47 Å². The molecule has 0 aliphatic carbocycles. The number of hydrogen-bond acceptors (Lipinski definition) is 4. The van der Waals surface area contributed by atoms with Crippen LogP contribution in [0.25, 0.3) is 0 Å². The van der Waals surface area contributed by atoms with E-state index in [1.54, 1.807) is 0 Å². The number of benzene rings is 2. The van der Waals surface area contributed by atoms with E-state index in [0.29, 0.717) is 11.8 Å². The Morgan fingerprint density at radius 2 is 1.00 bits per heavy atom. The topological polar surface area (TPSA) is 43.2 Å². The third kappa shape index (κ3) is 6.87. The van der Waals surface area contributed by atoms with E-state index in [9.17, 15) is 0 Å². The maximum Gasteiger partial charge on any atom is 0.119 e. The van der Waals surface area contributed by atoms with Crippen molar-refractivity contribution in [3.63, 3.8) is 0 Å². The molecule has 0 amide bonds. The molecule has 0 heterocycles. The number of rotatable bonds is 10. The zero-order valence-electron chi connectivity index (χ0n) is 16.3. The van der Waals surface area contributed by atoms with Gasteiger partial charge in [0.25, 0.3) is 0 Å². The minimum atomic E-state index is 0.562. The molecule has 0 N–H and O–H groups in total. The smallest absolute Gasteiger partial charge is 0.119 e. The Morgan fingerprint density at radius 1 is 0.654 bits per heavy atom. The zero-order chi connectivity index (χ0) is 18.8. The molecular weight excluding hydrogens is 324 g/mol. The van der Waals surface area contributed by atoms with Gasteiger partial charge in [-0.2, -0.15) is 10.2 Å². The summed E-state index contributed by atoms with van der Waals surface area (Å²) in [6.45, 7) is 10.2. The Balaban J connectivity index is 1.86. The van der Waals surface area contributed by atoms with Crippen molar-refractivity contribution in [1.29, 1.82) is 0 Å². The predicted molar refractivity (Wildman–Crippen MR) is 107 cm³/mol. The van der Waals surface area contributed by atoms with E-state index in [1.165, 1.54) is 0 Å². The first kappa shape index (κ1) is 20.0. The van der Waals surface area contributed by atoms with Crippen LogP contribution in [0.1, 0.15) is 40.5 Å². The van der Waals surface area contributed by atoms with Crippen LogP contribution in [-0.2, 0) is 0 Å². The molecule has 26 heavy (non-hydrogen) atoms. The van der Waals surface area contributed by atoms with Crippen LogP contribution in [-0.4, -0.2) is 13.2 Å². The average molecular weight is 354 g/mol. The van der Waals surface area contributed by atoms with Gasteiger partial charge in [-0.1, -0.05) is 40.5 Å². The van der Waals surface area contributed by atoms with Gasteiger partial charge in [0.2, 0.25) is 0 Å². The Hall–Kier alpha value is -2.36. The Labute approximate surface area is 157 Å². The lowest BCUT2D eigenvalue weighted by molar-refractivity contribution is 0.256. The van der Waals surface area contributed by atoms with E-state index in [4.69, 9.17) is 9.47 Å². The lowest BCUT2D eigenvalue weighted by Crippen LogP contribution is -2.06. The second-order valence-corrected chi connectivity index (χ2v) is 6.84. The molecule has 2 aromatic rings. The van der Waals surface area contributed by atoms with Crippen molar-refractivity contribution < 1.29 is 9.47 Å². The number of hydrogen-bond donors (Lipinski definition) is 0. The van der Waals surface area contributed by atoms with E-state index in [0.717, 1.165) is 48.9 Å². The van der Waals surface area contributed by atoms with Crippen molar-refractivity contribution in [2.45, 2.75) is 40.5 Å². The molecule has 0 saturated carbocycles.